The summed E-state index contributed by atoms with van der Waals surface area (Å²) in [7, 11) is 1.94. The summed E-state index contributed by atoms with van der Waals surface area (Å²) in [6.45, 7) is 2.15. The van der Waals surface area contributed by atoms with Gasteiger partial charge in [0.1, 0.15) is 11.5 Å². The normalized spacial score (nSPS) is 15.8. The predicted octanol–water partition coefficient (Wildman–Crippen LogP) is 3.36. The molecular weight excluding hydrogens is 297 g/mol. The first-order chi connectivity index (χ1) is 10.9. The summed E-state index contributed by atoms with van der Waals surface area (Å²) in [6, 6.07) is 5.84. The molecule has 1 saturated carbocycles. The summed E-state index contributed by atoms with van der Waals surface area (Å²) in [4.78, 5) is 21.8. The maximum absolute atomic E-state index is 13.2. The topological polar surface area (TPSA) is 66.3 Å². The van der Waals surface area contributed by atoms with E-state index < -0.39 is 5.97 Å². The lowest BCUT2D eigenvalue weighted by atomic mass is 9.77. The van der Waals surface area contributed by atoms with Crippen LogP contribution >= 0.6 is 0 Å². The lowest BCUT2D eigenvalue weighted by Crippen LogP contribution is -2.50. The van der Waals surface area contributed by atoms with Gasteiger partial charge in [-0.3, -0.25) is 0 Å². The van der Waals surface area contributed by atoms with Crippen molar-refractivity contribution < 1.29 is 14.3 Å². The summed E-state index contributed by atoms with van der Waals surface area (Å²) in [5.41, 5.74) is 0.973. The molecule has 1 aliphatic carbocycles. The van der Waals surface area contributed by atoms with Crippen molar-refractivity contribution in [2.24, 2.45) is 0 Å². The Morgan fingerprint density at radius 1 is 1.30 bits per heavy atom. The zero-order chi connectivity index (χ0) is 16.6. The van der Waals surface area contributed by atoms with E-state index in [1.165, 1.54) is 18.3 Å². The van der Waals surface area contributed by atoms with E-state index in [9.17, 15) is 14.3 Å². The van der Waals surface area contributed by atoms with Gasteiger partial charge in [0, 0.05) is 18.2 Å². The minimum absolute atomic E-state index is 0.00575. The minimum Gasteiger partial charge on any atom is -0.476 e. The highest BCUT2D eigenvalue weighted by Crippen LogP contribution is 2.40. The van der Waals surface area contributed by atoms with Gasteiger partial charge < -0.3 is 10.0 Å². The van der Waals surface area contributed by atoms with Crippen LogP contribution in [0.4, 0.5) is 10.2 Å². The standard InChI is InChI=1S/C17H18FN3O2/c1-17(8-3-9-17)21(2)15-14(11-4-6-12(18)7-5-11)20-13(10-19-15)16(22)23/h4-7,10H,3,8-9H2,1-2H3,(H,22,23). The summed E-state index contributed by atoms with van der Waals surface area (Å²) >= 11 is 0. The van der Waals surface area contributed by atoms with Gasteiger partial charge >= 0.3 is 5.97 Å². The average Bonchev–Trinajstić information content (AvgIpc) is 2.52. The number of carboxylic acid groups (broad SMARTS) is 1. The third kappa shape index (κ3) is 2.76. The zero-order valence-corrected chi connectivity index (χ0v) is 13.1. The van der Waals surface area contributed by atoms with Crippen LogP contribution < -0.4 is 4.90 Å². The molecule has 5 nitrogen and oxygen atoms in total. The lowest BCUT2D eigenvalue weighted by Gasteiger charge is -2.47. The summed E-state index contributed by atoms with van der Waals surface area (Å²) in [5, 5.41) is 9.17. The van der Waals surface area contributed by atoms with Crippen LogP contribution in [-0.4, -0.2) is 33.6 Å². The molecule has 3 rings (SSSR count). The van der Waals surface area contributed by atoms with Crippen molar-refractivity contribution in [3.63, 3.8) is 0 Å². The quantitative estimate of drug-likeness (QED) is 0.937. The molecule has 0 atom stereocenters. The Labute approximate surface area is 133 Å². The number of carboxylic acids is 1. The Morgan fingerprint density at radius 2 is 1.96 bits per heavy atom. The molecule has 2 aromatic rings. The molecule has 0 radical (unpaired) electrons. The van der Waals surface area contributed by atoms with Crippen molar-refractivity contribution in [3.05, 3.63) is 42.0 Å². The molecule has 23 heavy (non-hydrogen) atoms. The molecule has 1 aromatic heterocycles. The van der Waals surface area contributed by atoms with Gasteiger partial charge in [0.2, 0.25) is 0 Å². The first-order valence-electron chi connectivity index (χ1n) is 7.51. The van der Waals surface area contributed by atoms with Gasteiger partial charge in [0.05, 0.1) is 6.20 Å². The third-order valence-electron chi connectivity index (χ3n) is 4.65. The number of hydrogen-bond donors (Lipinski definition) is 1. The number of nitrogens with zero attached hydrogens (tertiary/aromatic N) is 3. The first kappa shape index (κ1) is 15.4. The molecule has 0 amide bonds. The highest BCUT2D eigenvalue weighted by Gasteiger charge is 2.37. The van der Waals surface area contributed by atoms with Crippen LogP contribution in [0.5, 0.6) is 0 Å². The zero-order valence-electron chi connectivity index (χ0n) is 13.1. The van der Waals surface area contributed by atoms with Crippen molar-refractivity contribution in [3.8, 4) is 11.3 Å². The van der Waals surface area contributed by atoms with Crippen molar-refractivity contribution in [1.82, 2.24) is 9.97 Å². The minimum atomic E-state index is -1.13. The fraction of sp³-hybridized carbons (Fsp3) is 0.353. The Kier molecular flexibility index (Phi) is 3.75. The molecule has 1 aromatic carbocycles. The van der Waals surface area contributed by atoms with E-state index >= 15 is 0 Å². The number of benzene rings is 1. The molecule has 1 aliphatic rings. The van der Waals surface area contributed by atoms with Gasteiger partial charge in [-0.15, -0.1) is 0 Å². The van der Waals surface area contributed by atoms with E-state index in [0.717, 1.165) is 19.3 Å². The largest absolute Gasteiger partial charge is 0.476 e. The maximum atomic E-state index is 13.2. The highest BCUT2D eigenvalue weighted by molar-refractivity contribution is 5.87. The molecular formula is C17H18FN3O2. The molecule has 0 unspecified atom stereocenters. The van der Waals surface area contributed by atoms with Crippen LogP contribution in [-0.2, 0) is 0 Å². The van der Waals surface area contributed by atoms with E-state index in [2.05, 4.69) is 16.9 Å². The monoisotopic (exact) mass is 315 g/mol. The molecule has 0 aliphatic heterocycles. The van der Waals surface area contributed by atoms with Crippen LogP contribution in [0.2, 0.25) is 0 Å². The molecule has 6 heteroatoms. The fourth-order valence-electron chi connectivity index (χ4n) is 2.81. The third-order valence-corrected chi connectivity index (χ3v) is 4.65. The van der Waals surface area contributed by atoms with Crippen LogP contribution in [0.25, 0.3) is 11.3 Å². The molecule has 0 spiro atoms. The molecule has 1 fully saturated rings. The van der Waals surface area contributed by atoms with Gasteiger partial charge in [-0.1, -0.05) is 0 Å². The van der Waals surface area contributed by atoms with E-state index in [4.69, 9.17) is 0 Å². The number of hydrogen-bond acceptors (Lipinski definition) is 4. The molecule has 1 heterocycles. The number of carbonyl (C=O) groups is 1. The molecule has 0 bridgehead atoms. The van der Waals surface area contributed by atoms with Crippen LogP contribution in [0, 0.1) is 5.82 Å². The summed E-state index contributed by atoms with van der Waals surface area (Å²) in [6.07, 6.45) is 4.53. The second-order valence-corrected chi connectivity index (χ2v) is 6.15. The summed E-state index contributed by atoms with van der Waals surface area (Å²) < 4.78 is 13.2. The average molecular weight is 315 g/mol. The first-order valence-corrected chi connectivity index (χ1v) is 7.51. The second kappa shape index (κ2) is 5.61. The number of rotatable bonds is 4. The van der Waals surface area contributed by atoms with Crippen molar-refractivity contribution >= 4 is 11.8 Å². The molecule has 1 N–H and O–H groups in total. The van der Waals surface area contributed by atoms with Gasteiger partial charge in [0.25, 0.3) is 0 Å². The molecule has 0 saturated heterocycles. The van der Waals surface area contributed by atoms with E-state index in [-0.39, 0.29) is 17.1 Å². The maximum Gasteiger partial charge on any atom is 0.356 e. The highest BCUT2D eigenvalue weighted by atomic mass is 19.1. The Hall–Kier alpha value is -2.50. The van der Waals surface area contributed by atoms with Crippen molar-refractivity contribution in [1.29, 1.82) is 0 Å². The van der Waals surface area contributed by atoms with Crippen LogP contribution in [0.15, 0.2) is 30.5 Å². The van der Waals surface area contributed by atoms with E-state index in [0.29, 0.717) is 17.1 Å². The SMILES string of the molecule is CN(c1ncc(C(=O)O)nc1-c1ccc(F)cc1)C1(C)CCC1. The second-order valence-electron chi connectivity index (χ2n) is 6.15. The predicted molar refractivity (Wildman–Crippen MR) is 85.0 cm³/mol. The van der Waals surface area contributed by atoms with E-state index in [1.807, 2.05) is 11.9 Å². The number of halogens is 1. The Morgan fingerprint density at radius 3 is 2.48 bits per heavy atom. The van der Waals surface area contributed by atoms with Crippen LogP contribution in [0.3, 0.4) is 0 Å². The molecule has 120 valence electrons. The number of aromatic nitrogens is 2. The van der Waals surface area contributed by atoms with Crippen molar-refractivity contribution in [2.45, 2.75) is 31.7 Å². The van der Waals surface area contributed by atoms with Gasteiger partial charge in [-0.05, 0) is 50.5 Å². The van der Waals surface area contributed by atoms with Gasteiger partial charge in [0.15, 0.2) is 11.5 Å². The van der Waals surface area contributed by atoms with Crippen molar-refractivity contribution in [2.75, 3.05) is 11.9 Å². The lowest BCUT2D eigenvalue weighted by molar-refractivity contribution is 0.0690. The Balaban J connectivity index is 2.11. The van der Waals surface area contributed by atoms with E-state index in [1.54, 1.807) is 12.1 Å². The summed E-state index contributed by atoms with van der Waals surface area (Å²) in [5.74, 6) is -0.870. The number of aromatic carboxylic acids is 1. The van der Waals surface area contributed by atoms with Crippen LogP contribution in [0.1, 0.15) is 36.7 Å². The fourth-order valence-corrected chi connectivity index (χ4v) is 2.81. The number of anilines is 1. The Bertz CT molecular complexity index is 742. The van der Waals surface area contributed by atoms with Gasteiger partial charge in [-0.25, -0.2) is 19.2 Å². The van der Waals surface area contributed by atoms with Gasteiger partial charge in [-0.2, -0.15) is 0 Å². The smallest absolute Gasteiger partial charge is 0.356 e.